The Balaban J connectivity index is 0.00000109. The van der Waals surface area contributed by atoms with Crippen LogP contribution in [0, 0.1) is 18.7 Å². The first kappa shape index (κ1) is 18.2. The van der Waals surface area contributed by atoms with Crippen LogP contribution in [0.2, 0.25) is 0 Å². The number of nitrogens with zero attached hydrogens (tertiary/aromatic N) is 3. The first-order valence-electron chi connectivity index (χ1n) is 7.55. The van der Waals surface area contributed by atoms with E-state index in [9.17, 15) is 9.18 Å². The zero-order valence-electron chi connectivity index (χ0n) is 13.8. The number of hydrogen-bond acceptors (Lipinski definition) is 5. The van der Waals surface area contributed by atoms with Crippen LogP contribution in [0.1, 0.15) is 11.3 Å². The van der Waals surface area contributed by atoms with E-state index in [0.29, 0.717) is 36.7 Å². The van der Waals surface area contributed by atoms with Crippen LogP contribution in [-0.4, -0.2) is 26.1 Å². The Morgan fingerprint density at radius 3 is 2.84 bits per heavy atom. The van der Waals surface area contributed by atoms with Gasteiger partial charge in [-0.1, -0.05) is 6.07 Å². The van der Waals surface area contributed by atoms with Crippen molar-refractivity contribution in [3.05, 3.63) is 52.1 Å². The minimum atomic E-state index is -0.536. The standard InChI is InChI=1S/C15H17FN6O.C2H2/c1-22-10(4-5-17)12(16)11-13(20-15(23)21-14(11)22)19-8-9-3-2-6-18-7-9;1-2/h2-3,6-7H,4-5,8,17H2,1H3,(H2,19,20,21,23);1-2H. The third-order valence-corrected chi connectivity index (χ3v) is 3.68. The van der Waals surface area contributed by atoms with E-state index in [4.69, 9.17) is 5.73 Å². The lowest BCUT2D eigenvalue weighted by Gasteiger charge is -2.07. The summed E-state index contributed by atoms with van der Waals surface area (Å²) in [5.74, 6) is -0.106. The molecule has 0 aliphatic heterocycles. The molecule has 3 aromatic heterocycles. The molecule has 0 fully saturated rings. The second kappa shape index (κ2) is 8.08. The van der Waals surface area contributed by atoms with E-state index < -0.39 is 11.5 Å². The fraction of sp³-hybridized carbons (Fsp3) is 0.235. The highest BCUT2D eigenvalue weighted by molar-refractivity contribution is 5.89. The number of fused-ring (bicyclic) bond motifs is 1. The topological polar surface area (TPSA) is 102 Å². The van der Waals surface area contributed by atoms with Crippen LogP contribution in [0.3, 0.4) is 0 Å². The van der Waals surface area contributed by atoms with E-state index >= 15 is 0 Å². The van der Waals surface area contributed by atoms with Crippen molar-refractivity contribution in [1.29, 1.82) is 0 Å². The molecule has 7 nitrogen and oxygen atoms in total. The normalized spacial score (nSPS) is 10.3. The zero-order valence-corrected chi connectivity index (χ0v) is 13.8. The predicted molar refractivity (Wildman–Crippen MR) is 95.5 cm³/mol. The van der Waals surface area contributed by atoms with Crippen molar-refractivity contribution in [2.24, 2.45) is 12.8 Å². The molecular formula is C17H19FN6O. The summed E-state index contributed by atoms with van der Waals surface area (Å²) in [7, 11) is 1.67. The van der Waals surface area contributed by atoms with Crippen LogP contribution in [0.5, 0.6) is 0 Å². The number of hydrogen-bond donors (Lipinski definition) is 3. The fourth-order valence-corrected chi connectivity index (χ4v) is 2.57. The molecule has 0 spiro atoms. The summed E-state index contributed by atoms with van der Waals surface area (Å²) in [4.78, 5) is 22.2. The molecule has 0 amide bonds. The maximum Gasteiger partial charge on any atom is 0.348 e. The smallest absolute Gasteiger partial charge is 0.348 e. The highest BCUT2D eigenvalue weighted by Gasteiger charge is 2.20. The van der Waals surface area contributed by atoms with Gasteiger partial charge in [0.1, 0.15) is 5.82 Å². The second-order valence-electron chi connectivity index (χ2n) is 5.19. The van der Waals surface area contributed by atoms with Gasteiger partial charge in [0, 0.05) is 32.4 Å². The number of aryl methyl sites for hydroxylation is 1. The number of aromatic amines is 1. The third kappa shape index (κ3) is 3.67. The quantitative estimate of drug-likeness (QED) is 0.604. The van der Waals surface area contributed by atoms with Gasteiger partial charge in [-0.25, -0.2) is 9.18 Å². The molecule has 130 valence electrons. The average molecular weight is 342 g/mol. The van der Waals surface area contributed by atoms with Gasteiger partial charge < -0.3 is 15.6 Å². The van der Waals surface area contributed by atoms with Crippen LogP contribution in [0.15, 0.2) is 29.3 Å². The van der Waals surface area contributed by atoms with E-state index in [1.165, 1.54) is 0 Å². The van der Waals surface area contributed by atoms with Crippen molar-refractivity contribution in [3.63, 3.8) is 0 Å². The number of halogens is 1. The highest BCUT2D eigenvalue weighted by atomic mass is 19.1. The summed E-state index contributed by atoms with van der Waals surface area (Å²) >= 11 is 0. The number of aromatic nitrogens is 4. The van der Waals surface area contributed by atoms with Crippen molar-refractivity contribution in [2.45, 2.75) is 13.0 Å². The van der Waals surface area contributed by atoms with E-state index in [2.05, 4.69) is 33.1 Å². The number of pyridine rings is 1. The number of rotatable bonds is 5. The molecule has 0 aliphatic carbocycles. The Morgan fingerprint density at radius 1 is 1.44 bits per heavy atom. The molecule has 8 heteroatoms. The maximum atomic E-state index is 14.7. The van der Waals surface area contributed by atoms with Gasteiger partial charge in [0.2, 0.25) is 0 Å². The summed E-state index contributed by atoms with van der Waals surface area (Å²) in [6.45, 7) is 0.719. The molecule has 0 saturated carbocycles. The molecule has 3 heterocycles. The van der Waals surface area contributed by atoms with Gasteiger partial charge in [-0.2, -0.15) is 4.98 Å². The molecule has 0 aromatic carbocycles. The summed E-state index contributed by atoms with van der Waals surface area (Å²) in [5.41, 5.74) is 6.63. The Bertz CT molecular complexity index is 929. The number of anilines is 1. The summed E-state index contributed by atoms with van der Waals surface area (Å²) < 4.78 is 16.3. The Hall–Kier alpha value is -3.18. The Kier molecular flexibility index (Phi) is 5.87. The number of nitrogens with one attached hydrogen (secondary N) is 2. The maximum absolute atomic E-state index is 14.7. The fourth-order valence-electron chi connectivity index (χ4n) is 2.57. The van der Waals surface area contributed by atoms with Gasteiger partial charge >= 0.3 is 5.69 Å². The predicted octanol–water partition coefficient (Wildman–Crippen LogP) is 1.16. The number of terminal acetylenes is 1. The lowest BCUT2D eigenvalue weighted by atomic mass is 10.2. The lowest BCUT2D eigenvalue weighted by molar-refractivity contribution is 0.606. The van der Waals surface area contributed by atoms with Gasteiger partial charge in [-0.15, -0.1) is 12.8 Å². The van der Waals surface area contributed by atoms with Gasteiger partial charge in [-0.05, 0) is 18.2 Å². The van der Waals surface area contributed by atoms with E-state index in [1.807, 2.05) is 12.1 Å². The van der Waals surface area contributed by atoms with Crippen LogP contribution in [-0.2, 0) is 20.0 Å². The molecule has 0 bridgehead atoms. The Morgan fingerprint density at radius 2 is 2.20 bits per heavy atom. The summed E-state index contributed by atoms with van der Waals surface area (Å²) in [6.07, 6.45) is 11.7. The molecule has 4 N–H and O–H groups in total. The summed E-state index contributed by atoms with van der Waals surface area (Å²) in [6, 6.07) is 3.70. The van der Waals surface area contributed by atoms with Gasteiger partial charge in [0.25, 0.3) is 0 Å². The van der Waals surface area contributed by atoms with E-state index in [-0.39, 0.29) is 5.39 Å². The minimum Gasteiger partial charge on any atom is -0.367 e. The molecule has 0 atom stereocenters. The van der Waals surface area contributed by atoms with Crippen LogP contribution >= 0.6 is 0 Å². The molecule has 3 aromatic rings. The average Bonchev–Trinajstić information content (AvgIpc) is 2.87. The molecule has 0 unspecified atom stereocenters. The van der Waals surface area contributed by atoms with Crippen molar-refractivity contribution < 1.29 is 4.39 Å². The first-order valence-corrected chi connectivity index (χ1v) is 7.55. The van der Waals surface area contributed by atoms with Crippen molar-refractivity contribution in [3.8, 4) is 12.8 Å². The molecule has 25 heavy (non-hydrogen) atoms. The van der Waals surface area contributed by atoms with Crippen molar-refractivity contribution in [2.75, 3.05) is 11.9 Å². The summed E-state index contributed by atoms with van der Waals surface area (Å²) in [5, 5.41) is 3.31. The van der Waals surface area contributed by atoms with Gasteiger partial charge in [0.15, 0.2) is 11.5 Å². The monoisotopic (exact) mass is 342 g/mol. The second-order valence-corrected chi connectivity index (χ2v) is 5.19. The minimum absolute atomic E-state index is 0.263. The van der Waals surface area contributed by atoms with Crippen molar-refractivity contribution >= 4 is 16.9 Å². The Labute approximate surface area is 144 Å². The van der Waals surface area contributed by atoms with Crippen LogP contribution in [0.25, 0.3) is 11.0 Å². The SMILES string of the molecule is C#C.Cn1c(CCN)c(F)c2c(NCc3cccnc3)[nH]c(=O)nc21. The molecule has 0 radical (unpaired) electrons. The molecule has 0 saturated heterocycles. The van der Waals surface area contributed by atoms with Crippen molar-refractivity contribution in [1.82, 2.24) is 19.5 Å². The lowest BCUT2D eigenvalue weighted by Crippen LogP contribution is -2.15. The van der Waals surface area contributed by atoms with Gasteiger partial charge in [0.05, 0.1) is 11.1 Å². The molecule has 0 aliphatic rings. The largest absolute Gasteiger partial charge is 0.367 e. The number of H-pyrrole nitrogens is 1. The third-order valence-electron chi connectivity index (χ3n) is 3.68. The van der Waals surface area contributed by atoms with Gasteiger partial charge in [-0.3, -0.25) is 9.97 Å². The van der Waals surface area contributed by atoms with E-state index in [0.717, 1.165) is 5.56 Å². The molecule has 3 rings (SSSR count). The van der Waals surface area contributed by atoms with Crippen LogP contribution < -0.4 is 16.7 Å². The zero-order chi connectivity index (χ0) is 18.4. The molecular weight excluding hydrogens is 323 g/mol. The highest BCUT2D eigenvalue weighted by Crippen LogP contribution is 2.27. The first-order chi connectivity index (χ1) is 12.1. The van der Waals surface area contributed by atoms with Crippen LogP contribution in [0.4, 0.5) is 10.2 Å². The van der Waals surface area contributed by atoms with E-state index in [1.54, 1.807) is 24.0 Å². The number of nitrogens with two attached hydrogens (primary N) is 1.